The van der Waals surface area contributed by atoms with Gasteiger partial charge in [0, 0.05) is 12.5 Å². The van der Waals surface area contributed by atoms with E-state index in [1.165, 1.54) is 16.4 Å². The van der Waals surface area contributed by atoms with Crippen molar-refractivity contribution in [1.29, 1.82) is 0 Å². The molecule has 1 aliphatic heterocycles. The van der Waals surface area contributed by atoms with E-state index < -0.39 is 16.0 Å². The van der Waals surface area contributed by atoms with Gasteiger partial charge in [0.2, 0.25) is 0 Å². The van der Waals surface area contributed by atoms with Crippen LogP contribution in [0.25, 0.3) is 0 Å². The molecule has 0 saturated carbocycles. The van der Waals surface area contributed by atoms with Gasteiger partial charge in [-0.3, -0.25) is 4.31 Å². The number of hydrogen-bond donors (Lipinski definition) is 0. The molecule has 0 unspecified atom stereocenters. The Bertz CT molecular complexity index is 828. The van der Waals surface area contributed by atoms with Crippen LogP contribution in [-0.4, -0.2) is 20.9 Å². The highest BCUT2D eigenvalue weighted by atomic mass is 32.2. The number of rotatable bonds is 5. The van der Waals surface area contributed by atoms with Crippen molar-refractivity contribution >= 4 is 21.7 Å². The lowest BCUT2D eigenvalue weighted by Crippen LogP contribution is -2.29. The molecular weight excluding hydrogens is 314 g/mol. The second-order valence-corrected chi connectivity index (χ2v) is 7.33. The molecule has 5 nitrogen and oxygen atoms in total. The third-order valence-electron chi connectivity index (χ3n) is 3.97. The molecule has 2 aromatic carbocycles. The maximum Gasteiger partial charge on any atom is 0.264 e. The number of aliphatic carboxylic acids is 1. The summed E-state index contributed by atoms with van der Waals surface area (Å²) in [5.74, 6) is -1.12. The van der Waals surface area contributed by atoms with Crippen LogP contribution in [0.5, 0.6) is 0 Å². The molecule has 0 atom stereocenters. The summed E-state index contributed by atoms with van der Waals surface area (Å²) in [6.07, 6.45) is 0.958. The monoisotopic (exact) mass is 330 g/mol. The van der Waals surface area contributed by atoms with Gasteiger partial charge >= 0.3 is 0 Å². The number of benzene rings is 2. The number of carboxylic acids is 1. The van der Waals surface area contributed by atoms with Crippen LogP contribution in [0.4, 0.5) is 5.69 Å². The van der Waals surface area contributed by atoms with E-state index in [0.717, 1.165) is 16.8 Å². The first kappa shape index (κ1) is 15.6. The van der Waals surface area contributed by atoms with Crippen molar-refractivity contribution in [1.82, 2.24) is 0 Å². The maximum absolute atomic E-state index is 12.8. The maximum atomic E-state index is 12.8. The Morgan fingerprint density at radius 2 is 1.78 bits per heavy atom. The van der Waals surface area contributed by atoms with Crippen molar-refractivity contribution in [2.75, 3.05) is 10.8 Å². The molecule has 1 aliphatic rings. The first-order chi connectivity index (χ1) is 11.0. The highest BCUT2D eigenvalue weighted by Gasteiger charge is 2.30. The van der Waals surface area contributed by atoms with Gasteiger partial charge in [-0.1, -0.05) is 30.3 Å². The van der Waals surface area contributed by atoms with Gasteiger partial charge in [-0.25, -0.2) is 8.42 Å². The van der Waals surface area contributed by atoms with E-state index in [1.807, 2.05) is 24.3 Å². The number of para-hydroxylation sites is 1. The highest BCUT2D eigenvalue weighted by molar-refractivity contribution is 7.92. The Hall–Kier alpha value is -2.34. The Balaban J connectivity index is 1.85. The van der Waals surface area contributed by atoms with Crippen molar-refractivity contribution < 1.29 is 18.3 Å². The second kappa shape index (κ2) is 6.04. The normalized spacial score (nSPS) is 13.8. The molecule has 0 aromatic heterocycles. The minimum absolute atomic E-state index is 0.0778. The number of hydrogen-bond acceptors (Lipinski definition) is 4. The van der Waals surface area contributed by atoms with Gasteiger partial charge in [-0.2, -0.15) is 0 Å². The van der Waals surface area contributed by atoms with Crippen LogP contribution < -0.4 is 9.41 Å². The quantitative estimate of drug-likeness (QED) is 0.823. The van der Waals surface area contributed by atoms with Gasteiger partial charge < -0.3 is 9.90 Å². The molecule has 0 saturated heterocycles. The molecule has 6 heteroatoms. The zero-order chi connectivity index (χ0) is 16.4. The predicted octanol–water partition coefficient (Wildman–Crippen LogP) is 1.12. The van der Waals surface area contributed by atoms with Gasteiger partial charge in [0.25, 0.3) is 10.0 Å². The van der Waals surface area contributed by atoms with Crippen molar-refractivity contribution in [2.24, 2.45) is 0 Å². The van der Waals surface area contributed by atoms with E-state index in [2.05, 4.69) is 0 Å². The summed E-state index contributed by atoms with van der Waals surface area (Å²) >= 11 is 0. The van der Waals surface area contributed by atoms with Crippen LogP contribution >= 0.6 is 0 Å². The van der Waals surface area contributed by atoms with Crippen molar-refractivity contribution in [3.63, 3.8) is 0 Å². The van der Waals surface area contributed by atoms with E-state index >= 15 is 0 Å². The Labute approximate surface area is 135 Å². The summed E-state index contributed by atoms with van der Waals surface area (Å²) in [6, 6.07) is 13.8. The summed E-state index contributed by atoms with van der Waals surface area (Å²) in [6.45, 7) is 0.439. The molecule has 0 bridgehead atoms. The third-order valence-corrected chi connectivity index (χ3v) is 5.80. The van der Waals surface area contributed by atoms with Crippen LogP contribution in [-0.2, 0) is 27.7 Å². The van der Waals surface area contributed by atoms with Crippen LogP contribution in [0, 0.1) is 0 Å². The minimum atomic E-state index is -3.60. The van der Waals surface area contributed by atoms with Gasteiger partial charge in [-0.05, 0) is 48.6 Å². The summed E-state index contributed by atoms with van der Waals surface area (Å²) in [5, 5.41) is 10.5. The Morgan fingerprint density at radius 3 is 2.48 bits per heavy atom. The van der Waals surface area contributed by atoms with Crippen LogP contribution in [0.2, 0.25) is 0 Å². The molecule has 23 heavy (non-hydrogen) atoms. The second-order valence-electron chi connectivity index (χ2n) is 5.47. The molecule has 120 valence electrons. The summed E-state index contributed by atoms with van der Waals surface area (Å²) in [7, 11) is -3.60. The molecule has 1 heterocycles. The van der Waals surface area contributed by atoms with Gasteiger partial charge in [-0.15, -0.1) is 0 Å². The number of aryl methyl sites for hydroxylation is 1. The molecule has 0 N–H and O–H groups in total. The largest absolute Gasteiger partial charge is 0.550 e. The first-order valence-corrected chi connectivity index (χ1v) is 8.82. The molecule has 0 aliphatic carbocycles. The van der Waals surface area contributed by atoms with E-state index in [-0.39, 0.29) is 11.3 Å². The van der Waals surface area contributed by atoms with E-state index in [1.54, 1.807) is 12.1 Å². The Morgan fingerprint density at radius 1 is 1.09 bits per heavy atom. The van der Waals surface area contributed by atoms with Crippen LogP contribution in [0.15, 0.2) is 53.4 Å². The number of fused-ring (bicyclic) bond motifs is 1. The lowest BCUT2D eigenvalue weighted by atomic mass is 10.1. The van der Waals surface area contributed by atoms with E-state index in [9.17, 15) is 18.3 Å². The number of carbonyl (C=O) groups is 1. The molecule has 0 radical (unpaired) electrons. The number of carbonyl (C=O) groups excluding carboxylic acids is 1. The number of anilines is 1. The standard InChI is InChI=1S/C17H17NO4S/c19-17(20)10-7-13-5-8-15(9-6-13)23(21,22)18-12-11-14-3-1-2-4-16(14)18/h1-6,8-9H,7,10-12H2,(H,19,20)/p-1. The van der Waals surface area contributed by atoms with Gasteiger partial charge in [0.05, 0.1) is 10.6 Å². The summed E-state index contributed by atoms with van der Waals surface area (Å²) < 4.78 is 27.0. The molecule has 0 amide bonds. The first-order valence-electron chi connectivity index (χ1n) is 7.38. The SMILES string of the molecule is O=C([O-])CCc1ccc(S(=O)(=O)N2CCc3ccccc32)cc1. The average molecular weight is 330 g/mol. The Kier molecular flexibility index (Phi) is 4.09. The third kappa shape index (κ3) is 3.07. The lowest BCUT2D eigenvalue weighted by Gasteiger charge is -2.19. The minimum Gasteiger partial charge on any atom is -0.550 e. The molecule has 2 aromatic rings. The van der Waals surface area contributed by atoms with Gasteiger partial charge in [0.1, 0.15) is 0 Å². The fraction of sp³-hybridized carbons (Fsp3) is 0.235. The zero-order valence-corrected chi connectivity index (χ0v) is 13.3. The highest BCUT2D eigenvalue weighted by Crippen LogP contribution is 2.32. The number of carboxylic acid groups (broad SMARTS) is 1. The lowest BCUT2D eigenvalue weighted by molar-refractivity contribution is -0.305. The molecule has 0 spiro atoms. The summed E-state index contributed by atoms with van der Waals surface area (Å²) in [4.78, 5) is 10.7. The van der Waals surface area contributed by atoms with E-state index in [4.69, 9.17) is 0 Å². The van der Waals surface area contributed by atoms with E-state index in [0.29, 0.717) is 19.4 Å². The fourth-order valence-electron chi connectivity index (χ4n) is 2.76. The summed E-state index contributed by atoms with van der Waals surface area (Å²) in [5.41, 5.74) is 2.53. The topological polar surface area (TPSA) is 77.5 Å². The molecule has 3 rings (SSSR count). The number of sulfonamides is 1. The van der Waals surface area contributed by atoms with Crippen LogP contribution in [0.1, 0.15) is 17.5 Å². The number of nitrogens with zero attached hydrogens (tertiary/aromatic N) is 1. The van der Waals surface area contributed by atoms with Crippen molar-refractivity contribution in [2.45, 2.75) is 24.2 Å². The zero-order valence-electron chi connectivity index (χ0n) is 12.4. The van der Waals surface area contributed by atoms with Gasteiger partial charge in [0.15, 0.2) is 0 Å². The predicted molar refractivity (Wildman–Crippen MR) is 84.4 cm³/mol. The fourth-order valence-corrected chi connectivity index (χ4v) is 4.26. The van der Waals surface area contributed by atoms with Crippen molar-refractivity contribution in [3.8, 4) is 0 Å². The van der Waals surface area contributed by atoms with Crippen molar-refractivity contribution in [3.05, 3.63) is 59.7 Å². The molecular formula is C17H16NO4S-. The molecule has 0 fully saturated rings. The average Bonchev–Trinajstić information content (AvgIpc) is 2.98. The smallest absolute Gasteiger partial charge is 0.264 e. The van der Waals surface area contributed by atoms with Crippen LogP contribution in [0.3, 0.4) is 0 Å².